The van der Waals surface area contributed by atoms with Crippen molar-refractivity contribution in [2.75, 3.05) is 0 Å². The molecule has 3 nitrogen and oxygen atoms in total. The molecule has 1 aromatic carbocycles. The molecule has 0 N–H and O–H groups in total. The van der Waals surface area contributed by atoms with E-state index in [0.717, 1.165) is 23.1 Å². The van der Waals surface area contributed by atoms with E-state index in [1.54, 1.807) is 0 Å². The molecular formula is C16H20N2O. The summed E-state index contributed by atoms with van der Waals surface area (Å²) in [6.45, 7) is 10.3. The van der Waals surface area contributed by atoms with E-state index >= 15 is 0 Å². The van der Waals surface area contributed by atoms with E-state index in [1.165, 1.54) is 5.56 Å². The van der Waals surface area contributed by atoms with Gasteiger partial charge in [-0.25, -0.2) is 0 Å². The Morgan fingerprint density at radius 1 is 1.21 bits per heavy atom. The van der Waals surface area contributed by atoms with Crippen molar-refractivity contribution in [3.63, 3.8) is 0 Å². The van der Waals surface area contributed by atoms with Crippen LogP contribution in [0.4, 0.5) is 0 Å². The van der Waals surface area contributed by atoms with Crippen LogP contribution >= 0.6 is 0 Å². The van der Waals surface area contributed by atoms with Crippen LogP contribution in [0.5, 0.6) is 0 Å². The lowest BCUT2D eigenvalue weighted by Crippen LogP contribution is -2.22. The van der Waals surface area contributed by atoms with Gasteiger partial charge >= 0.3 is 0 Å². The summed E-state index contributed by atoms with van der Waals surface area (Å²) in [6.07, 6.45) is 2.70. The number of nitrogens with zero attached hydrogens (tertiary/aromatic N) is 2. The maximum absolute atomic E-state index is 11.3. The van der Waals surface area contributed by atoms with Crippen LogP contribution in [0.2, 0.25) is 0 Å². The first-order valence-electron chi connectivity index (χ1n) is 6.46. The lowest BCUT2D eigenvalue weighted by Gasteiger charge is -2.18. The summed E-state index contributed by atoms with van der Waals surface area (Å²) in [7, 11) is 0. The molecule has 1 heterocycles. The standard InChI is InChI=1S/C16H20N2O/c1-11-6-7-12(2)14(8-11)15-13(10-19)9-18(17-15)16(3,4)5/h6-10H,1-5H3. The maximum Gasteiger partial charge on any atom is 0.153 e. The van der Waals surface area contributed by atoms with E-state index in [2.05, 4.69) is 44.1 Å². The van der Waals surface area contributed by atoms with Gasteiger partial charge in [-0.2, -0.15) is 5.10 Å². The fourth-order valence-electron chi connectivity index (χ4n) is 2.02. The van der Waals surface area contributed by atoms with Gasteiger partial charge in [-0.3, -0.25) is 9.48 Å². The first-order valence-corrected chi connectivity index (χ1v) is 6.46. The normalized spacial score (nSPS) is 11.6. The van der Waals surface area contributed by atoms with Gasteiger partial charge in [-0.05, 0) is 46.2 Å². The number of carbonyl (C=O) groups excluding carboxylic acids is 1. The molecule has 0 fully saturated rings. The van der Waals surface area contributed by atoms with Gasteiger partial charge in [0, 0.05) is 11.8 Å². The van der Waals surface area contributed by atoms with Crippen molar-refractivity contribution >= 4 is 6.29 Å². The minimum atomic E-state index is -0.131. The molecule has 0 unspecified atom stereocenters. The molecule has 1 aromatic heterocycles. The van der Waals surface area contributed by atoms with Gasteiger partial charge in [0.15, 0.2) is 6.29 Å². The highest BCUT2D eigenvalue weighted by atomic mass is 16.1. The molecule has 2 rings (SSSR count). The molecule has 3 heteroatoms. The van der Waals surface area contributed by atoms with Gasteiger partial charge in [0.1, 0.15) is 5.69 Å². The number of aromatic nitrogens is 2. The number of hydrogen-bond donors (Lipinski definition) is 0. The summed E-state index contributed by atoms with van der Waals surface area (Å²) < 4.78 is 1.86. The Morgan fingerprint density at radius 2 is 1.89 bits per heavy atom. The highest BCUT2D eigenvalue weighted by Crippen LogP contribution is 2.27. The molecule has 0 spiro atoms. The summed E-state index contributed by atoms with van der Waals surface area (Å²) in [5.41, 5.74) is 4.61. The lowest BCUT2D eigenvalue weighted by molar-refractivity contribution is 0.112. The molecule has 0 aliphatic heterocycles. The summed E-state index contributed by atoms with van der Waals surface area (Å²) in [5.74, 6) is 0. The second-order valence-electron chi connectivity index (χ2n) is 5.98. The first-order chi connectivity index (χ1) is 8.82. The largest absolute Gasteiger partial charge is 0.298 e. The Morgan fingerprint density at radius 3 is 2.47 bits per heavy atom. The van der Waals surface area contributed by atoms with Crippen molar-refractivity contribution in [1.82, 2.24) is 9.78 Å². The van der Waals surface area contributed by atoms with Gasteiger partial charge in [0.2, 0.25) is 0 Å². The highest BCUT2D eigenvalue weighted by Gasteiger charge is 2.19. The van der Waals surface area contributed by atoms with Gasteiger partial charge < -0.3 is 0 Å². The van der Waals surface area contributed by atoms with Crippen LogP contribution in [-0.4, -0.2) is 16.1 Å². The Hall–Kier alpha value is -1.90. The topological polar surface area (TPSA) is 34.9 Å². The first kappa shape index (κ1) is 13.5. The van der Waals surface area contributed by atoms with Gasteiger partial charge in [-0.1, -0.05) is 17.7 Å². The minimum absolute atomic E-state index is 0.131. The molecule has 19 heavy (non-hydrogen) atoms. The highest BCUT2D eigenvalue weighted by molar-refractivity contribution is 5.86. The molecule has 2 aromatic rings. The van der Waals surface area contributed by atoms with E-state index in [-0.39, 0.29) is 5.54 Å². The molecule has 0 saturated heterocycles. The monoisotopic (exact) mass is 256 g/mol. The summed E-state index contributed by atoms with van der Waals surface area (Å²) in [6, 6.07) is 6.22. The van der Waals surface area contributed by atoms with Gasteiger partial charge in [0.05, 0.1) is 11.1 Å². The Labute approximate surface area is 114 Å². The Balaban J connectivity index is 2.64. The fourth-order valence-corrected chi connectivity index (χ4v) is 2.02. The van der Waals surface area contributed by atoms with Crippen molar-refractivity contribution in [2.45, 2.75) is 40.2 Å². The van der Waals surface area contributed by atoms with Crippen LogP contribution < -0.4 is 0 Å². The molecule has 0 aliphatic carbocycles. The van der Waals surface area contributed by atoms with E-state index in [9.17, 15) is 4.79 Å². The number of aryl methyl sites for hydroxylation is 2. The van der Waals surface area contributed by atoms with E-state index < -0.39 is 0 Å². The zero-order chi connectivity index (χ0) is 14.2. The van der Waals surface area contributed by atoms with Crippen LogP contribution in [0.3, 0.4) is 0 Å². The molecule has 0 aliphatic rings. The van der Waals surface area contributed by atoms with Gasteiger partial charge in [-0.15, -0.1) is 0 Å². The minimum Gasteiger partial charge on any atom is -0.298 e. The number of aldehydes is 1. The molecule has 0 radical (unpaired) electrons. The van der Waals surface area contributed by atoms with E-state index in [4.69, 9.17) is 0 Å². The van der Waals surface area contributed by atoms with E-state index in [0.29, 0.717) is 5.56 Å². The molecule has 0 bridgehead atoms. The second kappa shape index (κ2) is 4.65. The summed E-state index contributed by atoms with van der Waals surface area (Å²) >= 11 is 0. The Kier molecular flexibility index (Phi) is 3.31. The lowest BCUT2D eigenvalue weighted by atomic mass is 10.0. The SMILES string of the molecule is Cc1ccc(C)c(-c2nn(C(C)(C)C)cc2C=O)c1. The van der Waals surface area contributed by atoms with Crippen molar-refractivity contribution in [3.05, 3.63) is 41.1 Å². The zero-order valence-corrected chi connectivity index (χ0v) is 12.2. The van der Waals surface area contributed by atoms with E-state index in [1.807, 2.05) is 24.7 Å². The van der Waals surface area contributed by atoms with Crippen molar-refractivity contribution in [2.24, 2.45) is 0 Å². The summed E-state index contributed by atoms with van der Waals surface area (Å²) in [4.78, 5) is 11.3. The smallest absolute Gasteiger partial charge is 0.153 e. The summed E-state index contributed by atoms with van der Waals surface area (Å²) in [5, 5.41) is 4.61. The predicted molar refractivity (Wildman–Crippen MR) is 77.5 cm³/mol. The predicted octanol–water partition coefficient (Wildman–Crippen LogP) is 3.73. The fraction of sp³-hybridized carbons (Fsp3) is 0.375. The number of hydrogen-bond acceptors (Lipinski definition) is 2. The molecule has 0 saturated carbocycles. The number of rotatable bonds is 2. The molecule has 0 atom stereocenters. The third kappa shape index (κ3) is 2.60. The van der Waals surface area contributed by atoms with Crippen LogP contribution in [0.15, 0.2) is 24.4 Å². The molecular weight excluding hydrogens is 236 g/mol. The average molecular weight is 256 g/mol. The van der Waals surface area contributed by atoms with Crippen molar-refractivity contribution < 1.29 is 4.79 Å². The maximum atomic E-state index is 11.3. The number of carbonyl (C=O) groups is 1. The van der Waals surface area contributed by atoms with Crippen molar-refractivity contribution in [3.8, 4) is 11.3 Å². The second-order valence-corrected chi connectivity index (χ2v) is 5.98. The number of benzene rings is 1. The van der Waals surface area contributed by atoms with Gasteiger partial charge in [0.25, 0.3) is 0 Å². The molecule has 100 valence electrons. The third-order valence-corrected chi connectivity index (χ3v) is 3.21. The quantitative estimate of drug-likeness (QED) is 0.767. The third-order valence-electron chi connectivity index (χ3n) is 3.21. The van der Waals surface area contributed by atoms with Crippen LogP contribution in [0.25, 0.3) is 11.3 Å². The van der Waals surface area contributed by atoms with Crippen LogP contribution in [0, 0.1) is 13.8 Å². The van der Waals surface area contributed by atoms with Crippen molar-refractivity contribution in [1.29, 1.82) is 0 Å². The molecule has 0 amide bonds. The van der Waals surface area contributed by atoms with Crippen LogP contribution in [0.1, 0.15) is 42.3 Å². The Bertz CT molecular complexity index is 618. The average Bonchev–Trinajstić information content (AvgIpc) is 2.76. The van der Waals surface area contributed by atoms with Crippen LogP contribution in [-0.2, 0) is 5.54 Å². The zero-order valence-electron chi connectivity index (χ0n) is 12.2.